The molecule has 0 bridgehead atoms. The van der Waals surface area contributed by atoms with Gasteiger partial charge in [0.05, 0.1) is 18.3 Å². The standard InChI is InChI=1S/C14H18BrN3OS/c1-9-10(2)20-14(18-9)13(17-4-5-19-3)11-6-12(15)8-16-7-11/h6-8,13,17H,4-5H2,1-3H3. The van der Waals surface area contributed by atoms with Gasteiger partial charge in [-0.15, -0.1) is 11.3 Å². The van der Waals surface area contributed by atoms with Crippen LogP contribution in [-0.4, -0.2) is 30.2 Å². The van der Waals surface area contributed by atoms with E-state index in [1.807, 2.05) is 13.1 Å². The Morgan fingerprint density at radius 2 is 2.20 bits per heavy atom. The first kappa shape index (κ1) is 15.6. The Kier molecular flexibility index (Phi) is 5.65. The third-order valence-electron chi connectivity index (χ3n) is 3.01. The number of hydrogen-bond acceptors (Lipinski definition) is 5. The molecule has 1 atom stereocenters. The molecule has 2 heterocycles. The number of halogens is 1. The molecule has 20 heavy (non-hydrogen) atoms. The summed E-state index contributed by atoms with van der Waals surface area (Å²) < 4.78 is 6.08. The second-order valence-electron chi connectivity index (χ2n) is 4.51. The Bertz CT molecular complexity index is 554. The number of aryl methyl sites for hydroxylation is 2. The highest BCUT2D eigenvalue weighted by molar-refractivity contribution is 9.10. The maximum atomic E-state index is 5.11. The molecular formula is C14H18BrN3OS. The summed E-state index contributed by atoms with van der Waals surface area (Å²) in [5.41, 5.74) is 2.19. The van der Waals surface area contributed by atoms with E-state index >= 15 is 0 Å². The van der Waals surface area contributed by atoms with Crippen LogP contribution in [0, 0.1) is 13.8 Å². The normalized spacial score (nSPS) is 12.6. The molecule has 0 saturated carbocycles. The average Bonchev–Trinajstić information content (AvgIpc) is 2.74. The van der Waals surface area contributed by atoms with Gasteiger partial charge in [0, 0.05) is 35.4 Å². The Balaban J connectivity index is 2.28. The summed E-state index contributed by atoms with van der Waals surface area (Å²) in [4.78, 5) is 10.2. The van der Waals surface area contributed by atoms with Crippen LogP contribution in [0.4, 0.5) is 0 Å². The van der Waals surface area contributed by atoms with Gasteiger partial charge in [-0.25, -0.2) is 4.98 Å². The van der Waals surface area contributed by atoms with Crippen LogP contribution >= 0.6 is 27.3 Å². The van der Waals surface area contributed by atoms with Gasteiger partial charge in [0.1, 0.15) is 5.01 Å². The number of rotatable bonds is 6. The van der Waals surface area contributed by atoms with Crippen molar-refractivity contribution >= 4 is 27.3 Å². The van der Waals surface area contributed by atoms with Crippen LogP contribution in [0.2, 0.25) is 0 Å². The molecule has 0 aromatic carbocycles. The average molecular weight is 356 g/mol. The molecule has 1 N–H and O–H groups in total. The highest BCUT2D eigenvalue weighted by Crippen LogP contribution is 2.28. The predicted molar refractivity (Wildman–Crippen MR) is 85.2 cm³/mol. The Labute approximate surface area is 131 Å². The lowest BCUT2D eigenvalue weighted by Crippen LogP contribution is -2.26. The lowest BCUT2D eigenvalue weighted by Gasteiger charge is -2.16. The molecule has 4 nitrogen and oxygen atoms in total. The van der Waals surface area contributed by atoms with E-state index in [1.54, 1.807) is 24.6 Å². The molecule has 0 spiro atoms. The highest BCUT2D eigenvalue weighted by Gasteiger charge is 2.18. The van der Waals surface area contributed by atoms with E-state index in [0.717, 1.165) is 27.3 Å². The molecule has 2 aromatic heterocycles. The second kappa shape index (κ2) is 7.26. The van der Waals surface area contributed by atoms with E-state index in [-0.39, 0.29) is 6.04 Å². The number of hydrogen-bond donors (Lipinski definition) is 1. The summed E-state index contributed by atoms with van der Waals surface area (Å²) in [6, 6.07) is 2.12. The second-order valence-corrected chi connectivity index (χ2v) is 6.66. The van der Waals surface area contributed by atoms with Gasteiger partial charge in [-0.1, -0.05) is 0 Å². The third-order valence-corrected chi connectivity index (χ3v) is 4.58. The molecule has 1 unspecified atom stereocenters. The first-order chi connectivity index (χ1) is 9.61. The van der Waals surface area contributed by atoms with Crippen LogP contribution in [0.25, 0.3) is 0 Å². The molecule has 108 valence electrons. The molecule has 6 heteroatoms. The van der Waals surface area contributed by atoms with Crippen LogP contribution < -0.4 is 5.32 Å². The van der Waals surface area contributed by atoms with Crippen LogP contribution in [-0.2, 0) is 4.74 Å². The van der Waals surface area contributed by atoms with Crippen LogP contribution in [0.15, 0.2) is 22.9 Å². The fourth-order valence-electron chi connectivity index (χ4n) is 1.86. The topological polar surface area (TPSA) is 47.0 Å². The van der Waals surface area contributed by atoms with Crippen molar-refractivity contribution in [1.82, 2.24) is 15.3 Å². The van der Waals surface area contributed by atoms with Crippen molar-refractivity contribution in [3.05, 3.63) is 44.1 Å². The lowest BCUT2D eigenvalue weighted by molar-refractivity contribution is 0.197. The molecule has 2 rings (SSSR count). The van der Waals surface area contributed by atoms with Crippen molar-refractivity contribution in [2.75, 3.05) is 20.3 Å². The van der Waals surface area contributed by atoms with Gasteiger partial charge in [0.25, 0.3) is 0 Å². The van der Waals surface area contributed by atoms with Crippen LogP contribution in [0.3, 0.4) is 0 Å². The van der Waals surface area contributed by atoms with E-state index < -0.39 is 0 Å². The Morgan fingerprint density at radius 3 is 2.80 bits per heavy atom. The number of aromatic nitrogens is 2. The van der Waals surface area contributed by atoms with E-state index in [0.29, 0.717) is 6.61 Å². The molecule has 0 aliphatic heterocycles. The van der Waals surface area contributed by atoms with Crippen molar-refractivity contribution in [2.45, 2.75) is 19.9 Å². The number of ether oxygens (including phenoxy) is 1. The monoisotopic (exact) mass is 355 g/mol. The van der Waals surface area contributed by atoms with Crippen LogP contribution in [0.1, 0.15) is 27.2 Å². The molecule has 0 amide bonds. The van der Waals surface area contributed by atoms with Gasteiger partial charge in [-0.2, -0.15) is 0 Å². The third kappa shape index (κ3) is 3.85. The minimum Gasteiger partial charge on any atom is -0.383 e. The predicted octanol–water partition coefficient (Wildman–Crippen LogP) is 3.24. The molecule has 0 radical (unpaired) electrons. The molecular weight excluding hydrogens is 338 g/mol. The molecule has 2 aromatic rings. The van der Waals surface area contributed by atoms with Gasteiger partial charge in [0.2, 0.25) is 0 Å². The fourth-order valence-corrected chi connectivity index (χ4v) is 3.27. The zero-order chi connectivity index (χ0) is 14.5. The van der Waals surface area contributed by atoms with Crippen molar-refractivity contribution in [3.63, 3.8) is 0 Å². The number of methoxy groups -OCH3 is 1. The fraction of sp³-hybridized carbons (Fsp3) is 0.429. The number of nitrogens with one attached hydrogen (secondary N) is 1. The van der Waals surface area contributed by atoms with Crippen molar-refractivity contribution < 1.29 is 4.74 Å². The largest absolute Gasteiger partial charge is 0.383 e. The molecule has 0 saturated heterocycles. The van der Waals surface area contributed by atoms with E-state index in [1.165, 1.54) is 4.88 Å². The van der Waals surface area contributed by atoms with Gasteiger partial charge in [0.15, 0.2) is 0 Å². The summed E-state index contributed by atoms with van der Waals surface area (Å²) in [7, 11) is 1.70. The molecule has 0 fully saturated rings. The summed E-state index contributed by atoms with van der Waals surface area (Å²) in [6.45, 7) is 5.58. The molecule has 0 aliphatic rings. The first-order valence-electron chi connectivity index (χ1n) is 6.38. The number of pyridine rings is 1. The van der Waals surface area contributed by atoms with E-state index in [9.17, 15) is 0 Å². The minimum atomic E-state index is 0.0487. The van der Waals surface area contributed by atoms with Gasteiger partial charge >= 0.3 is 0 Å². The Hall–Kier alpha value is -0.820. The molecule has 0 aliphatic carbocycles. The zero-order valence-corrected chi connectivity index (χ0v) is 14.2. The smallest absolute Gasteiger partial charge is 0.115 e. The minimum absolute atomic E-state index is 0.0487. The van der Waals surface area contributed by atoms with Crippen molar-refractivity contribution in [3.8, 4) is 0 Å². The number of nitrogens with zero attached hydrogens (tertiary/aromatic N) is 2. The maximum absolute atomic E-state index is 5.11. The highest BCUT2D eigenvalue weighted by atomic mass is 79.9. The summed E-state index contributed by atoms with van der Waals surface area (Å²) in [5, 5.41) is 4.55. The van der Waals surface area contributed by atoms with Crippen LogP contribution in [0.5, 0.6) is 0 Å². The number of thiazole rings is 1. The summed E-state index contributed by atoms with van der Waals surface area (Å²) >= 11 is 5.20. The lowest BCUT2D eigenvalue weighted by atomic mass is 10.1. The van der Waals surface area contributed by atoms with E-state index in [2.05, 4.69) is 44.2 Å². The Morgan fingerprint density at radius 1 is 1.40 bits per heavy atom. The van der Waals surface area contributed by atoms with Crippen molar-refractivity contribution in [2.24, 2.45) is 0 Å². The van der Waals surface area contributed by atoms with Gasteiger partial charge < -0.3 is 10.1 Å². The van der Waals surface area contributed by atoms with E-state index in [4.69, 9.17) is 4.74 Å². The maximum Gasteiger partial charge on any atom is 0.115 e. The van der Waals surface area contributed by atoms with Gasteiger partial charge in [-0.05, 0) is 41.4 Å². The SMILES string of the molecule is COCCNC(c1cncc(Br)c1)c1nc(C)c(C)s1. The zero-order valence-electron chi connectivity index (χ0n) is 11.8. The van der Waals surface area contributed by atoms with Crippen molar-refractivity contribution in [1.29, 1.82) is 0 Å². The summed E-state index contributed by atoms with van der Waals surface area (Å²) in [6.07, 6.45) is 3.66. The first-order valence-corrected chi connectivity index (χ1v) is 7.99. The summed E-state index contributed by atoms with van der Waals surface area (Å²) in [5.74, 6) is 0. The quantitative estimate of drug-likeness (QED) is 0.808. The van der Waals surface area contributed by atoms with Gasteiger partial charge in [-0.3, -0.25) is 4.98 Å².